The number of carbonyl (C=O) groups is 1. The van der Waals surface area contributed by atoms with Crippen molar-refractivity contribution in [2.24, 2.45) is 5.84 Å². The maximum atomic E-state index is 10.9. The molecule has 0 saturated carbocycles. The highest BCUT2D eigenvalue weighted by Gasteiger charge is 2.11. The van der Waals surface area contributed by atoms with Crippen molar-refractivity contribution in [3.63, 3.8) is 0 Å². The molecule has 0 aliphatic carbocycles. The molecule has 1 aromatic carbocycles. The van der Waals surface area contributed by atoms with E-state index in [1.54, 1.807) is 5.43 Å². The number of nitrogens with one attached hydrogen (secondary N) is 1. The van der Waals surface area contributed by atoms with Crippen LogP contribution in [0, 0.1) is 10.1 Å². The third-order valence-electron chi connectivity index (χ3n) is 1.55. The van der Waals surface area contributed by atoms with E-state index in [4.69, 9.17) is 5.84 Å². The van der Waals surface area contributed by atoms with Gasteiger partial charge in [-0.05, 0) is 11.8 Å². The smallest absolute Gasteiger partial charge is 0.265 e. The average Bonchev–Trinajstić information content (AvgIpc) is 2.17. The van der Waals surface area contributed by atoms with Crippen LogP contribution < -0.4 is 16.4 Å². The lowest BCUT2D eigenvalue weighted by Crippen LogP contribution is -2.30. The predicted octanol–water partition coefficient (Wildman–Crippen LogP) is -0.728. The summed E-state index contributed by atoms with van der Waals surface area (Å²) in [4.78, 5) is 20.4. The van der Waals surface area contributed by atoms with Gasteiger partial charge in [0, 0.05) is 11.6 Å². The first-order chi connectivity index (χ1) is 6.56. The highest BCUT2D eigenvalue weighted by Crippen LogP contribution is 2.23. The average molecular weight is 196 g/mol. The van der Waals surface area contributed by atoms with E-state index in [-0.39, 0.29) is 5.56 Å². The Morgan fingerprint density at radius 3 is 2.64 bits per heavy atom. The van der Waals surface area contributed by atoms with E-state index < -0.39 is 22.3 Å². The van der Waals surface area contributed by atoms with Crippen molar-refractivity contribution in [3.05, 3.63) is 33.9 Å². The summed E-state index contributed by atoms with van der Waals surface area (Å²) < 4.78 is 0. The molecule has 0 radical (unpaired) electrons. The first kappa shape index (κ1) is 9.93. The predicted molar refractivity (Wildman–Crippen MR) is 44.2 cm³/mol. The first-order valence-corrected chi connectivity index (χ1v) is 3.52. The largest absolute Gasteiger partial charge is 0.868 e. The minimum atomic E-state index is -0.852. The Morgan fingerprint density at radius 2 is 2.14 bits per heavy atom. The molecule has 0 aliphatic rings. The van der Waals surface area contributed by atoms with Crippen molar-refractivity contribution in [1.29, 1.82) is 0 Å². The second-order valence-electron chi connectivity index (χ2n) is 2.41. The zero-order valence-corrected chi connectivity index (χ0v) is 6.89. The van der Waals surface area contributed by atoms with Crippen LogP contribution in [0.2, 0.25) is 0 Å². The van der Waals surface area contributed by atoms with E-state index >= 15 is 0 Å². The lowest BCUT2D eigenvalue weighted by Gasteiger charge is -2.07. The van der Waals surface area contributed by atoms with Crippen molar-refractivity contribution in [1.82, 2.24) is 5.43 Å². The van der Waals surface area contributed by atoms with Gasteiger partial charge in [0.1, 0.15) is 0 Å². The fraction of sp³-hybridized carbons (Fsp3) is 0. The quantitative estimate of drug-likeness (QED) is 0.279. The van der Waals surface area contributed by atoms with Crippen molar-refractivity contribution >= 4 is 11.6 Å². The van der Waals surface area contributed by atoms with Crippen LogP contribution in [0.3, 0.4) is 0 Å². The number of hydrogen-bond donors (Lipinski definition) is 2. The number of nitrogen functional groups attached to an aromatic ring is 1. The van der Waals surface area contributed by atoms with Crippen LogP contribution >= 0.6 is 0 Å². The lowest BCUT2D eigenvalue weighted by atomic mass is 10.2. The topological polar surface area (TPSA) is 121 Å². The zero-order valence-electron chi connectivity index (χ0n) is 6.89. The van der Waals surface area contributed by atoms with Gasteiger partial charge in [0.25, 0.3) is 11.6 Å². The summed E-state index contributed by atoms with van der Waals surface area (Å²) in [5.41, 5.74) is 1.13. The van der Waals surface area contributed by atoms with Crippen molar-refractivity contribution in [3.8, 4) is 5.75 Å². The number of hydrogen-bond acceptors (Lipinski definition) is 5. The Kier molecular flexibility index (Phi) is 2.63. The number of nitrogens with two attached hydrogens (primary N) is 1. The van der Waals surface area contributed by atoms with Gasteiger partial charge in [-0.2, -0.15) is 0 Å². The molecule has 3 N–H and O–H groups in total. The number of nitro benzene ring substituents is 1. The standard InChI is InChI=1S/C7H7N3O4/c8-9-7(12)4-1-2-6(11)5(3-4)10(13)14/h1-3,11H,8H2,(H,9,12)/p-1. The molecule has 0 spiro atoms. The normalized spacial score (nSPS) is 9.50. The molecule has 0 heterocycles. The Bertz CT molecular complexity index is 391. The molecule has 14 heavy (non-hydrogen) atoms. The molecule has 0 unspecified atom stereocenters. The van der Waals surface area contributed by atoms with Crippen LogP contribution in [0.4, 0.5) is 5.69 Å². The summed E-state index contributed by atoms with van der Waals surface area (Å²) in [6.45, 7) is 0. The third kappa shape index (κ3) is 1.77. The molecule has 1 amide bonds. The number of carbonyl (C=O) groups excluding carboxylic acids is 1. The van der Waals surface area contributed by atoms with Crippen LogP contribution in [-0.2, 0) is 0 Å². The Labute approximate surface area is 78.3 Å². The van der Waals surface area contributed by atoms with E-state index in [9.17, 15) is 20.0 Å². The highest BCUT2D eigenvalue weighted by molar-refractivity contribution is 5.94. The summed E-state index contributed by atoms with van der Waals surface area (Å²) >= 11 is 0. The number of rotatable bonds is 2. The van der Waals surface area contributed by atoms with Gasteiger partial charge in [-0.25, -0.2) is 5.84 Å². The van der Waals surface area contributed by atoms with Gasteiger partial charge in [0.05, 0.1) is 4.92 Å². The SMILES string of the molecule is NNC(=O)c1ccc([O-])c([N+](=O)[O-])c1. The minimum Gasteiger partial charge on any atom is -0.868 e. The monoisotopic (exact) mass is 196 g/mol. The minimum absolute atomic E-state index is 0.0289. The van der Waals surface area contributed by atoms with Crippen LogP contribution in [0.15, 0.2) is 18.2 Å². The number of amides is 1. The third-order valence-corrected chi connectivity index (χ3v) is 1.55. The maximum absolute atomic E-state index is 10.9. The van der Waals surface area contributed by atoms with Gasteiger partial charge in [-0.15, -0.1) is 0 Å². The van der Waals surface area contributed by atoms with Crippen LogP contribution in [-0.4, -0.2) is 10.8 Å². The van der Waals surface area contributed by atoms with Crippen LogP contribution in [0.1, 0.15) is 10.4 Å². The molecule has 7 heteroatoms. The van der Waals surface area contributed by atoms with Gasteiger partial charge in [-0.3, -0.25) is 20.3 Å². The van der Waals surface area contributed by atoms with E-state index in [1.165, 1.54) is 0 Å². The number of benzene rings is 1. The van der Waals surface area contributed by atoms with Gasteiger partial charge < -0.3 is 5.11 Å². The van der Waals surface area contributed by atoms with Gasteiger partial charge in [0.2, 0.25) is 0 Å². The Balaban J connectivity index is 3.19. The molecule has 0 aromatic heterocycles. The molecular formula is C7H6N3O4-. The van der Waals surface area contributed by atoms with Gasteiger partial charge in [0.15, 0.2) is 0 Å². The summed E-state index contributed by atoms with van der Waals surface area (Å²) in [7, 11) is 0. The Hall–Kier alpha value is -2.15. The lowest BCUT2D eigenvalue weighted by molar-refractivity contribution is -0.398. The second-order valence-corrected chi connectivity index (χ2v) is 2.41. The molecule has 0 aliphatic heterocycles. The first-order valence-electron chi connectivity index (χ1n) is 3.52. The van der Waals surface area contributed by atoms with Gasteiger partial charge in [-0.1, -0.05) is 6.07 Å². The van der Waals surface area contributed by atoms with Crippen molar-refractivity contribution in [2.45, 2.75) is 0 Å². The van der Waals surface area contributed by atoms with E-state index in [1.807, 2.05) is 0 Å². The van der Waals surface area contributed by atoms with Crippen LogP contribution in [0.25, 0.3) is 0 Å². The van der Waals surface area contributed by atoms with E-state index in [0.717, 1.165) is 18.2 Å². The van der Waals surface area contributed by atoms with Crippen molar-refractivity contribution < 1.29 is 14.8 Å². The summed E-state index contributed by atoms with van der Waals surface area (Å²) in [5, 5.41) is 21.2. The number of hydrazine groups is 1. The fourth-order valence-electron chi connectivity index (χ4n) is 0.885. The van der Waals surface area contributed by atoms with E-state index in [0.29, 0.717) is 0 Å². The summed E-state index contributed by atoms with van der Waals surface area (Å²) in [5.74, 6) is 3.39. The molecule has 74 valence electrons. The molecule has 0 bridgehead atoms. The van der Waals surface area contributed by atoms with Gasteiger partial charge >= 0.3 is 0 Å². The molecule has 1 aromatic rings. The number of nitro groups is 1. The zero-order chi connectivity index (χ0) is 10.7. The Morgan fingerprint density at radius 1 is 1.50 bits per heavy atom. The second kappa shape index (κ2) is 3.71. The summed E-state index contributed by atoms with van der Waals surface area (Å²) in [6.07, 6.45) is 0. The van der Waals surface area contributed by atoms with E-state index in [2.05, 4.69) is 0 Å². The fourth-order valence-corrected chi connectivity index (χ4v) is 0.885. The molecule has 7 nitrogen and oxygen atoms in total. The highest BCUT2D eigenvalue weighted by atomic mass is 16.6. The maximum Gasteiger partial charge on any atom is 0.265 e. The van der Waals surface area contributed by atoms with Crippen molar-refractivity contribution in [2.75, 3.05) is 0 Å². The molecule has 0 fully saturated rings. The molecule has 0 saturated heterocycles. The molecule has 0 atom stereocenters. The number of nitrogens with zero attached hydrogens (tertiary/aromatic N) is 1. The molecular weight excluding hydrogens is 190 g/mol. The van der Waals surface area contributed by atoms with Crippen LogP contribution in [0.5, 0.6) is 5.75 Å². The molecule has 1 rings (SSSR count). The summed E-state index contributed by atoms with van der Waals surface area (Å²) in [6, 6.07) is 2.99.